The van der Waals surface area contributed by atoms with Crippen LogP contribution in [0.15, 0.2) is 29.6 Å². The normalized spacial score (nSPS) is 17.6. The Morgan fingerprint density at radius 2 is 2.04 bits per heavy atom. The van der Waals surface area contributed by atoms with Crippen molar-refractivity contribution in [2.24, 2.45) is 0 Å². The number of methoxy groups -OCH3 is 1. The van der Waals surface area contributed by atoms with Crippen LogP contribution in [0.3, 0.4) is 0 Å². The smallest absolute Gasteiger partial charge is 0.119 e. The molecule has 1 aliphatic heterocycles. The van der Waals surface area contributed by atoms with Crippen molar-refractivity contribution in [3.05, 3.63) is 51.5 Å². The van der Waals surface area contributed by atoms with Crippen LogP contribution >= 0.6 is 36.2 Å². The first-order valence-corrected chi connectivity index (χ1v) is 9.14. The summed E-state index contributed by atoms with van der Waals surface area (Å²) in [5.74, 6) is 0. The van der Waals surface area contributed by atoms with Crippen LogP contribution in [0.25, 0.3) is 0 Å². The topological polar surface area (TPSA) is 37.4 Å². The van der Waals surface area contributed by atoms with Crippen LogP contribution in [-0.4, -0.2) is 36.6 Å². The van der Waals surface area contributed by atoms with Crippen LogP contribution in [0.1, 0.15) is 34.8 Å². The largest absolute Gasteiger partial charge is 0.378 e. The van der Waals surface area contributed by atoms with Crippen molar-refractivity contribution < 1.29 is 4.74 Å². The van der Waals surface area contributed by atoms with E-state index in [4.69, 9.17) is 4.74 Å². The molecular weight excluding hydrogens is 377 g/mol. The first-order valence-electron chi connectivity index (χ1n) is 8.26. The Bertz CT molecular complexity index is 621. The minimum absolute atomic E-state index is 0. The maximum atomic E-state index is 5.17. The molecule has 25 heavy (non-hydrogen) atoms. The van der Waals surface area contributed by atoms with E-state index in [0.717, 1.165) is 43.3 Å². The molecule has 0 radical (unpaired) electrons. The van der Waals surface area contributed by atoms with Gasteiger partial charge in [0.25, 0.3) is 0 Å². The van der Waals surface area contributed by atoms with Gasteiger partial charge in [-0.1, -0.05) is 31.2 Å². The molecule has 0 bridgehead atoms. The minimum atomic E-state index is 0. The highest BCUT2D eigenvalue weighted by Gasteiger charge is 2.24. The van der Waals surface area contributed by atoms with E-state index < -0.39 is 0 Å². The first-order chi connectivity index (χ1) is 11.3. The number of aromatic nitrogens is 1. The Kier molecular flexibility index (Phi) is 9.94. The predicted octanol–water partition coefficient (Wildman–Crippen LogP) is 3.84. The van der Waals surface area contributed by atoms with Crippen molar-refractivity contribution in [1.82, 2.24) is 15.2 Å². The van der Waals surface area contributed by atoms with Crippen molar-refractivity contribution >= 4 is 36.2 Å². The number of aryl methyl sites for hydroxylation is 1. The average Bonchev–Trinajstić information content (AvgIpc) is 3.03. The van der Waals surface area contributed by atoms with Gasteiger partial charge in [0.15, 0.2) is 0 Å². The maximum absolute atomic E-state index is 5.17. The summed E-state index contributed by atoms with van der Waals surface area (Å²) in [4.78, 5) is 7.21. The summed E-state index contributed by atoms with van der Waals surface area (Å²) >= 11 is 1.69. The number of nitrogens with zero attached hydrogens (tertiary/aromatic N) is 2. The molecule has 4 nitrogen and oxygen atoms in total. The second-order valence-electron chi connectivity index (χ2n) is 5.95. The Hall–Kier alpha value is -0.690. The van der Waals surface area contributed by atoms with E-state index in [-0.39, 0.29) is 24.8 Å². The minimum Gasteiger partial charge on any atom is -0.378 e. The van der Waals surface area contributed by atoms with Crippen LogP contribution in [0.4, 0.5) is 0 Å². The lowest BCUT2D eigenvalue weighted by atomic mass is 10.0. The number of piperazine rings is 1. The monoisotopic (exact) mass is 403 g/mol. The Balaban J connectivity index is 0.00000156. The number of halogens is 2. The summed E-state index contributed by atoms with van der Waals surface area (Å²) in [5, 5.41) is 6.74. The van der Waals surface area contributed by atoms with Crippen molar-refractivity contribution in [2.45, 2.75) is 32.5 Å². The third-order valence-corrected chi connectivity index (χ3v) is 5.23. The molecule has 1 aliphatic rings. The fourth-order valence-corrected chi connectivity index (χ4v) is 3.81. The molecule has 1 atom stereocenters. The second-order valence-corrected chi connectivity index (χ2v) is 6.89. The van der Waals surface area contributed by atoms with Crippen molar-refractivity contribution in [1.29, 1.82) is 0 Å². The van der Waals surface area contributed by atoms with Crippen LogP contribution in [-0.2, 0) is 24.3 Å². The van der Waals surface area contributed by atoms with Gasteiger partial charge in [0.2, 0.25) is 0 Å². The molecule has 0 amide bonds. The lowest BCUT2D eigenvalue weighted by Gasteiger charge is -2.36. The van der Waals surface area contributed by atoms with Gasteiger partial charge >= 0.3 is 0 Å². The Morgan fingerprint density at radius 3 is 2.72 bits per heavy atom. The molecule has 140 valence electrons. The molecule has 1 aromatic heterocycles. The van der Waals surface area contributed by atoms with Crippen LogP contribution in [0, 0.1) is 0 Å². The molecule has 1 fully saturated rings. The summed E-state index contributed by atoms with van der Waals surface area (Å²) in [6.07, 6.45) is 1.09. The number of hydrogen-bond donors (Lipinski definition) is 1. The molecule has 1 unspecified atom stereocenters. The molecule has 0 spiro atoms. The number of rotatable bonds is 6. The van der Waals surface area contributed by atoms with Gasteiger partial charge in [-0.2, -0.15) is 0 Å². The molecule has 1 saturated heterocycles. The van der Waals surface area contributed by atoms with Gasteiger partial charge in [0.05, 0.1) is 12.3 Å². The molecule has 0 saturated carbocycles. The molecule has 3 rings (SSSR count). The van der Waals surface area contributed by atoms with Gasteiger partial charge in [-0.15, -0.1) is 36.2 Å². The fourth-order valence-electron chi connectivity index (χ4n) is 3.06. The number of benzene rings is 1. The number of thiazole rings is 1. The lowest BCUT2D eigenvalue weighted by Crippen LogP contribution is -2.45. The maximum Gasteiger partial charge on any atom is 0.119 e. The van der Waals surface area contributed by atoms with E-state index >= 15 is 0 Å². The average molecular weight is 404 g/mol. The zero-order chi connectivity index (χ0) is 16.1. The highest BCUT2D eigenvalue weighted by atomic mass is 35.5. The standard InChI is InChI=1S/C18H25N3OS.2ClH/c1-3-14-4-6-15(7-5-14)17-10-19-8-9-21(17)11-16-13-23-18(20-16)12-22-2;;/h4-7,13,17,19H,3,8-12H2,1-2H3;2*1H. The number of nitrogens with one attached hydrogen (secondary N) is 1. The van der Waals surface area contributed by atoms with Crippen LogP contribution in [0.2, 0.25) is 0 Å². The third-order valence-electron chi connectivity index (χ3n) is 4.36. The van der Waals surface area contributed by atoms with Gasteiger partial charge in [-0.05, 0) is 17.5 Å². The second kappa shape index (κ2) is 11.1. The van der Waals surface area contributed by atoms with E-state index in [9.17, 15) is 0 Å². The third kappa shape index (κ3) is 5.91. The number of hydrogen-bond acceptors (Lipinski definition) is 5. The molecule has 7 heteroatoms. The van der Waals surface area contributed by atoms with Crippen LogP contribution < -0.4 is 5.32 Å². The quantitative estimate of drug-likeness (QED) is 0.794. The zero-order valence-corrected chi connectivity index (χ0v) is 17.2. The van der Waals surface area contributed by atoms with E-state index in [0.29, 0.717) is 12.6 Å². The highest BCUT2D eigenvalue weighted by Crippen LogP contribution is 2.25. The van der Waals surface area contributed by atoms with Gasteiger partial charge in [0.1, 0.15) is 5.01 Å². The first kappa shape index (κ1) is 22.4. The zero-order valence-electron chi connectivity index (χ0n) is 14.7. The number of ether oxygens (including phenoxy) is 1. The molecular formula is C18H27Cl2N3OS. The van der Waals surface area contributed by atoms with E-state index in [1.54, 1.807) is 18.4 Å². The van der Waals surface area contributed by atoms with E-state index in [1.807, 2.05) is 0 Å². The van der Waals surface area contributed by atoms with Gasteiger partial charge in [0, 0.05) is 44.7 Å². The van der Waals surface area contributed by atoms with Gasteiger partial charge < -0.3 is 10.1 Å². The predicted molar refractivity (Wildman–Crippen MR) is 109 cm³/mol. The summed E-state index contributed by atoms with van der Waals surface area (Å²) in [6, 6.07) is 9.48. The lowest BCUT2D eigenvalue weighted by molar-refractivity contribution is 0.151. The van der Waals surface area contributed by atoms with Crippen molar-refractivity contribution in [2.75, 3.05) is 26.7 Å². The highest BCUT2D eigenvalue weighted by molar-refractivity contribution is 7.09. The fraction of sp³-hybridized carbons (Fsp3) is 0.500. The van der Waals surface area contributed by atoms with Gasteiger partial charge in [-0.25, -0.2) is 4.98 Å². The van der Waals surface area contributed by atoms with E-state index in [2.05, 4.69) is 51.8 Å². The van der Waals surface area contributed by atoms with Crippen molar-refractivity contribution in [3.8, 4) is 0 Å². The van der Waals surface area contributed by atoms with E-state index in [1.165, 1.54) is 11.1 Å². The SMILES string of the molecule is CCc1ccc(C2CNCCN2Cc2csc(COC)n2)cc1.Cl.Cl. The molecule has 0 aliphatic carbocycles. The molecule has 2 aromatic rings. The van der Waals surface area contributed by atoms with Crippen molar-refractivity contribution in [3.63, 3.8) is 0 Å². The summed E-state index contributed by atoms with van der Waals surface area (Å²) in [7, 11) is 1.72. The molecule has 1 N–H and O–H groups in total. The summed E-state index contributed by atoms with van der Waals surface area (Å²) in [5.41, 5.74) is 3.94. The molecule has 1 aromatic carbocycles. The van der Waals surface area contributed by atoms with Crippen LogP contribution in [0.5, 0.6) is 0 Å². The molecule has 2 heterocycles. The Morgan fingerprint density at radius 1 is 1.28 bits per heavy atom. The summed E-state index contributed by atoms with van der Waals surface area (Å²) in [6.45, 7) is 6.80. The van der Waals surface area contributed by atoms with Gasteiger partial charge in [-0.3, -0.25) is 4.90 Å². The Labute approximate surface area is 166 Å². The summed E-state index contributed by atoms with van der Waals surface area (Å²) < 4.78 is 5.17.